The second-order valence-electron chi connectivity index (χ2n) is 6.79. The van der Waals surface area contributed by atoms with E-state index in [1.54, 1.807) is 6.07 Å². The Morgan fingerprint density at radius 1 is 1.41 bits per heavy atom. The van der Waals surface area contributed by atoms with Crippen LogP contribution >= 0.6 is 11.6 Å². The molecule has 7 nitrogen and oxygen atoms in total. The molecule has 0 aliphatic carbocycles. The van der Waals surface area contributed by atoms with Crippen molar-refractivity contribution in [1.82, 2.24) is 15.1 Å². The Kier molecular flexibility index (Phi) is 5.92. The summed E-state index contributed by atoms with van der Waals surface area (Å²) in [6.07, 6.45) is 0.738. The van der Waals surface area contributed by atoms with Crippen LogP contribution in [-0.4, -0.2) is 45.4 Å². The lowest BCUT2D eigenvalue weighted by molar-refractivity contribution is 0.0687. The van der Waals surface area contributed by atoms with Gasteiger partial charge in [-0.25, -0.2) is 4.79 Å². The molecule has 8 heteroatoms. The summed E-state index contributed by atoms with van der Waals surface area (Å²) in [5, 5.41) is 16.7. The standard InChI is InChI=1S/C19H24ClN3O4/c1-4-26-16-7-12(14(20)8-17(16)27-11(2)3)9-23-6-5-15-13(10-23)18(19(24)25)22-21-15/h7-8,11H,4-6,9-10H2,1-3H3,(H,21,22)(H,24,25). The highest BCUT2D eigenvalue weighted by atomic mass is 35.5. The monoisotopic (exact) mass is 393 g/mol. The molecule has 0 saturated heterocycles. The van der Waals surface area contributed by atoms with E-state index in [0.29, 0.717) is 36.2 Å². The van der Waals surface area contributed by atoms with Crippen LogP contribution in [0.4, 0.5) is 0 Å². The summed E-state index contributed by atoms with van der Waals surface area (Å²) in [5.41, 5.74) is 2.65. The Labute approximate surface area is 163 Å². The fourth-order valence-corrected chi connectivity index (χ4v) is 3.43. The summed E-state index contributed by atoms with van der Waals surface area (Å²) in [7, 11) is 0. The molecule has 2 heterocycles. The van der Waals surface area contributed by atoms with Crippen LogP contribution < -0.4 is 9.47 Å². The molecule has 0 fully saturated rings. The highest BCUT2D eigenvalue weighted by Crippen LogP contribution is 2.35. The maximum absolute atomic E-state index is 11.3. The summed E-state index contributed by atoms with van der Waals surface area (Å²) < 4.78 is 11.5. The molecule has 0 spiro atoms. The predicted octanol–water partition coefficient (Wildman–Crippen LogP) is 3.51. The van der Waals surface area contributed by atoms with Crippen LogP contribution in [0.1, 0.15) is 48.1 Å². The highest BCUT2D eigenvalue weighted by Gasteiger charge is 2.26. The molecule has 3 rings (SSSR count). The molecule has 1 aromatic heterocycles. The highest BCUT2D eigenvalue weighted by molar-refractivity contribution is 6.31. The first-order chi connectivity index (χ1) is 12.9. The Morgan fingerprint density at radius 3 is 2.85 bits per heavy atom. The van der Waals surface area contributed by atoms with Crippen molar-refractivity contribution in [3.8, 4) is 11.5 Å². The van der Waals surface area contributed by atoms with Crippen LogP contribution in [0.2, 0.25) is 5.02 Å². The Balaban J connectivity index is 1.82. The Hall–Kier alpha value is -2.25. The maximum Gasteiger partial charge on any atom is 0.356 e. The molecule has 0 radical (unpaired) electrons. The van der Waals surface area contributed by atoms with Crippen molar-refractivity contribution < 1.29 is 19.4 Å². The minimum Gasteiger partial charge on any atom is -0.490 e. The number of carbonyl (C=O) groups is 1. The molecular weight excluding hydrogens is 370 g/mol. The number of fused-ring (bicyclic) bond motifs is 1. The van der Waals surface area contributed by atoms with E-state index < -0.39 is 5.97 Å². The smallest absolute Gasteiger partial charge is 0.356 e. The number of nitrogens with one attached hydrogen (secondary N) is 1. The SMILES string of the molecule is CCOc1cc(CN2CCc3[nH]nc(C(=O)O)c3C2)c(Cl)cc1OC(C)C. The lowest BCUT2D eigenvalue weighted by Gasteiger charge is -2.27. The number of aromatic nitrogens is 2. The van der Waals surface area contributed by atoms with E-state index in [9.17, 15) is 9.90 Å². The van der Waals surface area contributed by atoms with Crippen molar-refractivity contribution in [3.63, 3.8) is 0 Å². The fourth-order valence-electron chi connectivity index (χ4n) is 3.22. The number of halogens is 1. The van der Waals surface area contributed by atoms with Crippen molar-refractivity contribution in [3.05, 3.63) is 39.7 Å². The van der Waals surface area contributed by atoms with E-state index in [-0.39, 0.29) is 11.8 Å². The molecule has 146 valence electrons. The second kappa shape index (κ2) is 8.19. The molecule has 1 aromatic carbocycles. The van der Waals surface area contributed by atoms with Gasteiger partial charge in [0.1, 0.15) is 0 Å². The van der Waals surface area contributed by atoms with Crippen LogP contribution in [0.3, 0.4) is 0 Å². The number of H-pyrrole nitrogens is 1. The van der Waals surface area contributed by atoms with Gasteiger partial charge >= 0.3 is 5.97 Å². The van der Waals surface area contributed by atoms with Gasteiger partial charge in [-0.3, -0.25) is 10.00 Å². The molecule has 1 aliphatic rings. The molecule has 27 heavy (non-hydrogen) atoms. The van der Waals surface area contributed by atoms with Crippen molar-refractivity contribution in [2.24, 2.45) is 0 Å². The number of hydrogen-bond donors (Lipinski definition) is 2. The largest absolute Gasteiger partial charge is 0.490 e. The number of benzene rings is 1. The first kappa shape index (κ1) is 19.5. The van der Waals surface area contributed by atoms with Gasteiger partial charge in [-0.2, -0.15) is 5.10 Å². The molecule has 1 aliphatic heterocycles. The molecule has 2 aromatic rings. The lowest BCUT2D eigenvalue weighted by Crippen LogP contribution is -2.30. The summed E-state index contributed by atoms with van der Waals surface area (Å²) >= 11 is 6.49. The van der Waals surface area contributed by atoms with Crippen molar-refractivity contribution in [1.29, 1.82) is 0 Å². The first-order valence-corrected chi connectivity index (χ1v) is 9.40. The second-order valence-corrected chi connectivity index (χ2v) is 7.19. The van der Waals surface area contributed by atoms with Gasteiger partial charge in [-0.15, -0.1) is 0 Å². The third kappa shape index (κ3) is 4.36. The normalized spacial score (nSPS) is 14.3. The average Bonchev–Trinajstić information content (AvgIpc) is 3.02. The van der Waals surface area contributed by atoms with Crippen LogP contribution in [0.5, 0.6) is 11.5 Å². The number of ether oxygens (including phenoxy) is 2. The van der Waals surface area contributed by atoms with Gasteiger partial charge < -0.3 is 14.6 Å². The molecule has 0 atom stereocenters. The number of carboxylic acid groups (broad SMARTS) is 1. The number of rotatable bonds is 7. The van der Waals surface area contributed by atoms with E-state index in [4.69, 9.17) is 21.1 Å². The Bertz CT molecular complexity index is 835. The van der Waals surface area contributed by atoms with Gasteiger partial charge in [-0.05, 0) is 32.4 Å². The predicted molar refractivity (Wildman–Crippen MR) is 102 cm³/mol. The molecule has 0 bridgehead atoms. The van der Waals surface area contributed by atoms with E-state index in [0.717, 1.165) is 29.8 Å². The summed E-state index contributed by atoms with van der Waals surface area (Å²) in [6.45, 7) is 8.24. The summed E-state index contributed by atoms with van der Waals surface area (Å²) in [5.74, 6) is 0.281. The number of nitrogens with zero attached hydrogens (tertiary/aromatic N) is 2. The molecule has 0 unspecified atom stereocenters. The third-order valence-corrected chi connectivity index (χ3v) is 4.74. The minimum absolute atomic E-state index is 0.0159. The van der Waals surface area contributed by atoms with E-state index in [1.165, 1.54) is 0 Å². The lowest BCUT2D eigenvalue weighted by atomic mass is 10.0. The van der Waals surface area contributed by atoms with Gasteiger partial charge in [0.2, 0.25) is 0 Å². The summed E-state index contributed by atoms with van der Waals surface area (Å²) in [4.78, 5) is 13.5. The van der Waals surface area contributed by atoms with Gasteiger partial charge in [0.05, 0.1) is 12.7 Å². The topological polar surface area (TPSA) is 87.7 Å². The number of hydrogen-bond acceptors (Lipinski definition) is 5. The minimum atomic E-state index is -1.01. The molecular formula is C19H24ClN3O4. The fraction of sp³-hybridized carbons (Fsp3) is 0.474. The van der Waals surface area contributed by atoms with E-state index in [2.05, 4.69) is 15.1 Å². The average molecular weight is 394 g/mol. The maximum atomic E-state index is 11.3. The quantitative estimate of drug-likeness (QED) is 0.748. The van der Waals surface area contributed by atoms with Crippen molar-refractivity contribution >= 4 is 17.6 Å². The van der Waals surface area contributed by atoms with E-state index in [1.807, 2.05) is 26.8 Å². The molecule has 0 saturated carbocycles. The van der Waals surface area contributed by atoms with Crippen molar-refractivity contribution in [2.45, 2.75) is 46.4 Å². The zero-order chi connectivity index (χ0) is 19.6. The van der Waals surface area contributed by atoms with Gasteiger partial charge in [0.15, 0.2) is 17.2 Å². The summed E-state index contributed by atoms with van der Waals surface area (Å²) in [6, 6.07) is 3.70. The van der Waals surface area contributed by atoms with Gasteiger partial charge in [0.25, 0.3) is 0 Å². The number of aromatic amines is 1. The molecule has 2 N–H and O–H groups in total. The van der Waals surface area contributed by atoms with Crippen LogP contribution in [0.25, 0.3) is 0 Å². The van der Waals surface area contributed by atoms with Crippen LogP contribution in [0, 0.1) is 0 Å². The molecule has 0 amide bonds. The van der Waals surface area contributed by atoms with Crippen LogP contribution in [0.15, 0.2) is 12.1 Å². The van der Waals surface area contributed by atoms with Crippen molar-refractivity contribution in [2.75, 3.05) is 13.2 Å². The Morgan fingerprint density at radius 2 is 2.19 bits per heavy atom. The zero-order valence-electron chi connectivity index (χ0n) is 15.7. The third-order valence-electron chi connectivity index (χ3n) is 4.38. The zero-order valence-corrected chi connectivity index (χ0v) is 16.5. The number of aromatic carboxylic acids is 1. The van der Waals surface area contributed by atoms with Gasteiger partial charge in [0, 0.05) is 48.4 Å². The number of carboxylic acids is 1. The first-order valence-electron chi connectivity index (χ1n) is 9.02. The van der Waals surface area contributed by atoms with Crippen LogP contribution in [-0.2, 0) is 19.5 Å². The van der Waals surface area contributed by atoms with Gasteiger partial charge in [-0.1, -0.05) is 11.6 Å². The van der Waals surface area contributed by atoms with E-state index >= 15 is 0 Å².